The van der Waals surface area contributed by atoms with Gasteiger partial charge in [-0.05, 0) is 30.7 Å². The second-order valence-corrected chi connectivity index (χ2v) is 7.12. The molecule has 1 N–H and O–H groups in total. The standard InChI is InChI=1S/C17H16ClN3O2S.ClH/c18-12-3-1-2-4-13(12)23-8-7-21-10-20-16-15(17(21)22)11-5-6-19-9-14(11)24-16;/h1-4,10,19H,5-9H2;1H. The Bertz CT molecular complexity index is 955. The first-order valence-electron chi connectivity index (χ1n) is 7.82. The van der Waals surface area contributed by atoms with E-state index in [2.05, 4.69) is 10.3 Å². The maximum absolute atomic E-state index is 12.8. The van der Waals surface area contributed by atoms with Crippen LogP contribution in [0.25, 0.3) is 10.2 Å². The van der Waals surface area contributed by atoms with Gasteiger partial charge < -0.3 is 10.1 Å². The van der Waals surface area contributed by atoms with Gasteiger partial charge in [-0.2, -0.15) is 0 Å². The lowest BCUT2D eigenvalue weighted by Crippen LogP contribution is -2.26. The summed E-state index contributed by atoms with van der Waals surface area (Å²) in [5.74, 6) is 0.625. The second-order valence-electron chi connectivity index (χ2n) is 5.63. The van der Waals surface area contributed by atoms with Crippen molar-refractivity contribution < 1.29 is 4.74 Å². The summed E-state index contributed by atoms with van der Waals surface area (Å²) < 4.78 is 7.29. The Balaban J connectivity index is 0.00000182. The molecule has 3 heterocycles. The van der Waals surface area contributed by atoms with Gasteiger partial charge in [0.05, 0.1) is 23.3 Å². The van der Waals surface area contributed by atoms with Crippen molar-refractivity contribution in [3.8, 4) is 5.75 Å². The molecule has 0 unspecified atom stereocenters. The first-order chi connectivity index (χ1) is 11.7. The first kappa shape index (κ1) is 18.2. The molecule has 4 rings (SSSR count). The van der Waals surface area contributed by atoms with Gasteiger partial charge in [-0.1, -0.05) is 23.7 Å². The minimum atomic E-state index is 0. The van der Waals surface area contributed by atoms with Crippen LogP contribution in [0.1, 0.15) is 10.4 Å². The number of aromatic nitrogens is 2. The maximum atomic E-state index is 12.8. The second kappa shape index (κ2) is 7.74. The predicted molar refractivity (Wildman–Crippen MR) is 103 cm³/mol. The Hall–Kier alpha value is -1.60. The molecule has 2 aromatic heterocycles. The van der Waals surface area contributed by atoms with Crippen LogP contribution in [0.15, 0.2) is 35.4 Å². The fraction of sp³-hybridized carbons (Fsp3) is 0.294. The average molecular weight is 398 g/mol. The average Bonchev–Trinajstić information content (AvgIpc) is 2.98. The molecule has 0 saturated carbocycles. The first-order valence-corrected chi connectivity index (χ1v) is 9.01. The summed E-state index contributed by atoms with van der Waals surface area (Å²) in [5.41, 5.74) is 1.18. The molecule has 5 nitrogen and oxygen atoms in total. The van der Waals surface area contributed by atoms with E-state index in [9.17, 15) is 4.79 Å². The van der Waals surface area contributed by atoms with Gasteiger partial charge in [0.1, 0.15) is 17.2 Å². The number of para-hydroxylation sites is 1. The van der Waals surface area contributed by atoms with E-state index in [0.29, 0.717) is 23.9 Å². The normalized spacial score (nSPS) is 13.3. The molecule has 0 fully saturated rings. The molecule has 25 heavy (non-hydrogen) atoms. The molecule has 0 atom stereocenters. The lowest BCUT2D eigenvalue weighted by atomic mass is 10.1. The topological polar surface area (TPSA) is 56.2 Å². The van der Waals surface area contributed by atoms with Gasteiger partial charge in [0.15, 0.2) is 0 Å². The van der Waals surface area contributed by atoms with Crippen LogP contribution in [0.5, 0.6) is 5.75 Å². The highest BCUT2D eigenvalue weighted by Gasteiger charge is 2.19. The van der Waals surface area contributed by atoms with Gasteiger partial charge in [-0.25, -0.2) is 4.98 Å². The third-order valence-corrected chi connectivity index (χ3v) is 5.58. The van der Waals surface area contributed by atoms with Crippen molar-refractivity contribution in [1.29, 1.82) is 0 Å². The van der Waals surface area contributed by atoms with Gasteiger partial charge in [0.25, 0.3) is 5.56 Å². The molecule has 0 spiro atoms. The van der Waals surface area contributed by atoms with Gasteiger partial charge in [0, 0.05) is 11.4 Å². The molecule has 0 bridgehead atoms. The van der Waals surface area contributed by atoms with Crippen molar-refractivity contribution in [2.75, 3.05) is 13.2 Å². The highest BCUT2D eigenvalue weighted by Crippen LogP contribution is 2.29. The maximum Gasteiger partial charge on any atom is 0.262 e. The largest absolute Gasteiger partial charge is 0.490 e. The number of fused-ring (bicyclic) bond motifs is 3. The number of benzene rings is 1. The number of nitrogens with one attached hydrogen (secondary N) is 1. The molecule has 0 aliphatic carbocycles. The SMILES string of the molecule is Cl.O=c1c2c3c(sc2ncn1CCOc1ccccc1Cl)CNCC3. The number of thiophene rings is 1. The fourth-order valence-corrected chi connectivity index (χ4v) is 4.26. The van der Waals surface area contributed by atoms with Crippen molar-refractivity contribution in [2.45, 2.75) is 19.5 Å². The van der Waals surface area contributed by atoms with E-state index >= 15 is 0 Å². The van der Waals surface area contributed by atoms with Crippen molar-refractivity contribution >= 4 is 45.6 Å². The minimum absolute atomic E-state index is 0. The quantitative estimate of drug-likeness (QED) is 0.733. The number of ether oxygens (including phenoxy) is 1. The zero-order valence-electron chi connectivity index (χ0n) is 13.3. The molecular weight excluding hydrogens is 381 g/mol. The third kappa shape index (κ3) is 3.53. The molecule has 0 amide bonds. The minimum Gasteiger partial charge on any atom is -0.490 e. The number of rotatable bonds is 4. The highest BCUT2D eigenvalue weighted by molar-refractivity contribution is 7.18. The molecule has 3 aromatic rings. The van der Waals surface area contributed by atoms with E-state index in [1.165, 1.54) is 4.88 Å². The van der Waals surface area contributed by atoms with E-state index in [1.54, 1.807) is 28.3 Å². The summed E-state index contributed by atoms with van der Waals surface area (Å²) in [7, 11) is 0. The lowest BCUT2D eigenvalue weighted by molar-refractivity contribution is 0.296. The summed E-state index contributed by atoms with van der Waals surface area (Å²) in [5, 5.41) is 4.68. The highest BCUT2D eigenvalue weighted by atomic mass is 35.5. The molecule has 1 aromatic carbocycles. The van der Waals surface area contributed by atoms with Crippen molar-refractivity contribution in [2.24, 2.45) is 0 Å². The van der Waals surface area contributed by atoms with Crippen molar-refractivity contribution in [1.82, 2.24) is 14.9 Å². The molecule has 0 saturated heterocycles. The molecular formula is C17H17Cl2N3O2S. The van der Waals surface area contributed by atoms with Gasteiger partial charge in [-0.15, -0.1) is 23.7 Å². The third-order valence-electron chi connectivity index (χ3n) is 4.12. The van der Waals surface area contributed by atoms with Crippen LogP contribution in [0.3, 0.4) is 0 Å². The van der Waals surface area contributed by atoms with Crippen molar-refractivity contribution in [3.05, 3.63) is 56.4 Å². The van der Waals surface area contributed by atoms with Crippen molar-refractivity contribution in [3.63, 3.8) is 0 Å². The zero-order valence-corrected chi connectivity index (χ0v) is 15.7. The van der Waals surface area contributed by atoms with E-state index in [4.69, 9.17) is 16.3 Å². The monoisotopic (exact) mass is 397 g/mol. The van der Waals surface area contributed by atoms with Gasteiger partial charge in [0.2, 0.25) is 0 Å². The number of nitrogens with zero attached hydrogens (tertiary/aromatic N) is 2. The Labute approximate surface area is 160 Å². The predicted octanol–water partition coefficient (Wildman–Crippen LogP) is 3.26. The van der Waals surface area contributed by atoms with E-state index in [0.717, 1.165) is 35.3 Å². The smallest absolute Gasteiger partial charge is 0.262 e. The van der Waals surface area contributed by atoms with Crippen LogP contribution < -0.4 is 15.6 Å². The van der Waals surface area contributed by atoms with Crippen LogP contribution >= 0.6 is 35.3 Å². The summed E-state index contributed by atoms with van der Waals surface area (Å²) in [6, 6.07) is 7.32. The number of hydrogen-bond acceptors (Lipinski definition) is 5. The Morgan fingerprint density at radius 3 is 3.04 bits per heavy atom. The van der Waals surface area contributed by atoms with E-state index in [-0.39, 0.29) is 18.0 Å². The molecule has 8 heteroatoms. The van der Waals surface area contributed by atoms with Crippen LogP contribution in [0, 0.1) is 0 Å². The Morgan fingerprint density at radius 2 is 2.20 bits per heavy atom. The summed E-state index contributed by atoms with van der Waals surface area (Å²) >= 11 is 7.68. The van der Waals surface area contributed by atoms with E-state index in [1.807, 2.05) is 18.2 Å². The molecule has 0 radical (unpaired) electrons. The molecule has 132 valence electrons. The molecule has 1 aliphatic heterocycles. The molecule has 1 aliphatic rings. The van der Waals surface area contributed by atoms with Crippen LogP contribution in [0.2, 0.25) is 5.02 Å². The Morgan fingerprint density at radius 1 is 1.36 bits per heavy atom. The van der Waals surface area contributed by atoms with Crippen LogP contribution in [0.4, 0.5) is 0 Å². The van der Waals surface area contributed by atoms with E-state index < -0.39 is 0 Å². The summed E-state index contributed by atoms with van der Waals surface area (Å²) in [6.07, 6.45) is 2.49. The lowest BCUT2D eigenvalue weighted by Gasteiger charge is -2.12. The zero-order chi connectivity index (χ0) is 16.5. The number of halogens is 2. The summed E-state index contributed by atoms with van der Waals surface area (Å²) in [4.78, 5) is 19.3. The van der Waals surface area contributed by atoms with Gasteiger partial charge >= 0.3 is 0 Å². The van der Waals surface area contributed by atoms with Crippen LogP contribution in [-0.2, 0) is 19.5 Å². The summed E-state index contributed by atoms with van der Waals surface area (Å²) in [6.45, 7) is 2.54. The number of hydrogen-bond donors (Lipinski definition) is 1. The Kier molecular flexibility index (Phi) is 5.64. The van der Waals surface area contributed by atoms with Crippen LogP contribution in [-0.4, -0.2) is 22.7 Å². The fourth-order valence-electron chi connectivity index (χ4n) is 2.92. The van der Waals surface area contributed by atoms with Gasteiger partial charge in [-0.3, -0.25) is 9.36 Å².